The highest BCUT2D eigenvalue weighted by molar-refractivity contribution is 6.06. The van der Waals surface area contributed by atoms with Crippen molar-refractivity contribution in [2.45, 2.75) is 12.4 Å². The molecule has 0 atom stereocenters. The summed E-state index contributed by atoms with van der Waals surface area (Å²) in [6, 6.07) is 20.6. The molecule has 4 aromatic rings. The Balaban J connectivity index is 1.87. The molecule has 0 amide bonds. The minimum absolute atomic E-state index is 0.591. The second kappa shape index (κ2) is 7.20. The number of rotatable bonds is 2. The molecule has 0 aliphatic rings. The molecule has 6 heteroatoms. The third-order valence-electron chi connectivity index (χ3n) is 4.95. The third kappa shape index (κ3) is 3.77. The van der Waals surface area contributed by atoms with Crippen molar-refractivity contribution in [3.63, 3.8) is 0 Å². The molecule has 4 aromatic carbocycles. The smallest absolute Gasteiger partial charge is 0.166 e. The summed E-state index contributed by atoms with van der Waals surface area (Å²) in [6.45, 7) is 0. The van der Waals surface area contributed by atoms with Gasteiger partial charge in [0.1, 0.15) is 0 Å². The highest BCUT2D eigenvalue weighted by Crippen LogP contribution is 2.39. The van der Waals surface area contributed by atoms with Crippen LogP contribution in [0.4, 0.5) is 26.3 Å². The average Bonchev–Trinajstić information content (AvgIpc) is 2.72. The minimum atomic E-state index is -4.43. The molecule has 0 radical (unpaired) electrons. The van der Waals surface area contributed by atoms with Gasteiger partial charge in [0.25, 0.3) is 0 Å². The van der Waals surface area contributed by atoms with E-state index in [2.05, 4.69) is 0 Å². The van der Waals surface area contributed by atoms with Crippen LogP contribution in [0.25, 0.3) is 33.0 Å². The molecule has 0 N–H and O–H groups in total. The lowest BCUT2D eigenvalue weighted by Crippen LogP contribution is -2.04. The minimum Gasteiger partial charge on any atom is -0.166 e. The molecule has 0 spiro atoms. The van der Waals surface area contributed by atoms with Gasteiger partial charge in [-0.15, -0.1) is 0 Å². The van der Waals surface area contributed by atoms with Gasteiger partial charge in [0, 0.05) is 0 Å². The zero-order chi connectivity index (χ0) is 21.5. The van der Waals surface area contributed by atoms with Gasteiger partial charge in [-0.1, -0.05) is 60.7 Å². The van der Waals surface area contributed by atoms with Crippen LogP contribution in [0.1, 0.15) is 11.1 Å². The molecule has 0 aliphatic carbocycles. The van der Waals surface area contributed by atoms with E-state index in [1.807, 2.05) is 12.1 Å². The molecule has 152 valence electrons. The zero-order valence-electron chi connectivity index (χ0n) is 15.4. The Kier molecular flexibility index (Phi) is 4.80. The van der Waals surface area contributed by atoms with Crippen LogP contribution in [-0.2, 0) is 12.4 Å². The molecule has 30 heavy (non-hydrogen) atoms. The molecular formula is C24H14F6. The highest BCUT2D eigenvalue weighted by atomic mass is 19.4. The maximum atomic E-state index is 12.9. The second-order valence-electron chi connectivity index (χ2n) is 6.86. The average molecular weight is 416 g/mol. The van der Waals surface area contributed by atoms with Crippen molar-refractivity contribution < 1.29 is 26.3 Å². The second-order valence-corrected chi connectivity index (χ2v) is 6.86. The molecule has 0 aromatic heterocycles. The first-order valence-electron chi connectivity index (χ1n) is 9.01. The third-order valence-corrected chi connectivity index (χ3v) is 4.95. The summed E-state index contributed by atoms with van der Waals surface area (Å²) >= 11 is 0. The maximum Gasteiger partial charge on any atom is 0.416 e. The van der Waals surface area contributed by atoms with E-state index >= 15 is 0 Å². The van der Waals surface area contributed by atoms with Crippen molar-refractivity contribution in [2.24, 2.45) is 0 Å². The first-order valence-corrected chi connectivity index (χ1v) is 9.01. The van der Waals surface area contributed by atoms with Crippen molar-refractivity contribution in [1.82, 2.24) is 0 Å². The van der Waals surface area contributed by atoms with Gasteiger partial charge in [-0.05, 0) is 57.3 Å². The number of alkyl halides is 6. The Morgan fingerprint density at radius 2 is 0.800 bits per heavy atom. The van der Waals surface area contributed by atoms with E-state index in [0.717, 1.165) is 35.0 Å². The van der Waals surface area contributed by atoms with Gasteiger partial charge in [-0.25, -0.2) is 0 Å². The van der Waals surface area contributed by atoms with Gasteiger partial charge in [0.05, 0.1) is 11.1 Å². The molecule has 0 nitrogen and oxygen atoms in total. The lowest BCUT2D eigenvalue weighted by Gasteiger charge is -2.14. The normalized spacial score (nSPS) is 12.3. The standard InChI is InChI=1S/C24H14F6/c25-23(26,27)18-11-7-15(8-12-18)20-5-1-3-17-4-2-6-21(22(17)20)16-9-13-19(14-10-16)24(28,29)30/h1-14H. The molecule has 0 unspecified atom stereocenters. The molecule has 0 bridgehead atoms. The molecule has 0 aliphatic heterocycles. The van der Waals surface area contributed by atoms with E-state index in [9.17, 15) is 26.3 Å². The summed E-state index contributed by atoms with van der Waals surface area (Å²) in [4.78, 5) is 0. The summed E-state index contributed by atoms with van der Waals surface area (Å²) in [5.41, 5.74) is 1.11. The molecular weight excluding hydrogens is 402 g/mol. The monoisotopic (exact) mass is 416 g/mol. The Bertz CT molecular complexity index is 1090. The van der Waals surface area contributed by atoms with E-state index in [-0.39, 0.29) is 0 Å². The van der Waals surface area contributed by atoms with Crippen LogP contribution in [-0.4, -0.2) is 0 Å². The molecule has 4 rings (SSSR count). The van der Waals surface area contributed by atoms with E-state index < -0.39 is 23.5 Å². The summed E-state index contributed by atoms with van der Waals surface area (Å²) in [6.07, 6.45) is -8.86. The lowest BCUT2D eigenvalue weighted by atomic mass is 9.91. The van der Waals surface area contributed by atoms with Gasteiger partial charge < -0.3 is 0 Å². The van der Waals surface area contributed by atoms with Crippen molar-refractivity contribution in [3.8, 4) is 22.3 Å². The fourth-order valence-corrected chi connectivity index (χ4v) is 3.50. The summed E-state index contributed by atoms with van der Waals surface area (Å²) < 4.78 is 77.4. The zero-order valence-corrected chi connectivity index (χ0v) is 15.4. The summed E-state index contributed by atoms with van der Waals surface area (Å²) in [7, 11) is 0. The largest absolute Gasteiger partial charge is 0.416 e. The quantitative estimate of drug-likeness (QED) is 0.289. The fraction of sp³-hybridized carbons (Fsp3) is 0.0833. The topological polar surface area (TPSA) is 0 Å². The lowest BCUT2D eigenvalue weighted by molar-refractivity contribution is -0.138. The van der Waals surface area contributed by atoms with Crippen molar-refractivity contribution in [3.05, 3.63) is 96.1 Å². The number of benzene rings is 4. The van der Waals surface area contributed by atoms with Gasteiger partial charge in [0.15, 0.2) is 0 Å². The predicted octanol–water partition coefficient (Wildman–Crippen LogP) is 8.21. The first kappa shape index (κ1) is 20.0. The predicted molar refractivity (Wildman–Crippen MR) is 105 cm³/mol. The first-order chi connectivity index (χ1) is 14.1. The Morgan fingerprint density at radius 3 is 1.13 bits per heavy atom. The Hall–Kier alpha value is -3.28. The van der Waals surface area contributed by atoms with E-state index in [4.69, 9.17) is 0 Å². The molecule has 0 saturated heterocycles. The number of hydrogen-bond acceptors (Lipinski definition) is 0. The van der Waals surface area contributed by atoms with Crippen LogP contribution in [0.3, 0.4) is 0 Å². The Labute approximate surface area is 168 Å². The number of halogens is 6. The van der Waals surface area contributed by atoms with E-state index in [1.54, 1.807) is 24.3 Å². The molecule has 0 fully saturated rings. The van der Waals surface area contributed by atoms with Crippen molar-refractivity contribution >= 4 is 10.8 Å². The van der Waals surface area contributed by atoms with E-state index in [1.165, 1.54) is 24.3 Å². The van der Waals surface area contributed by atoms with Crippen LogP contribution in [0.15, 0.2) is 84.9 Å². The fourth-order valence-electron chi connectivity index (χ4n) is 3.50. The van der Waals surface area contributed by atoms with Crippen LogP contribution in [0.5, 0.6) is 0 Å². The van der Waals surface area contributed by atoms with Gasteiger partial charge in [-0.2, -0.15) is 26.3 Å². The van der Waals surface area contributed by atoms with Crippen molar-refractivity contribution in [2.75, 3.05) is 0 Å². The maximum absolute atomic E-state index is 12.9. The SMILES string of the molecule is FC(F)(F)c1ccc(-c2cccc3cccc(-c4ccc(C(F)(F)F)cc4)c23)cc1. The van der Waals surface area contributed by atoms with E-state index in [0.29, 0.717) is 22.3 Å². The van der Waals surface area contributed by atoms with Crippen LogP contribution < -0.4 is 0 Å². The molecule has 0 heterocycles. The van der Waals surface area contributed by atoms with Crippen LogP contribution in [0, 0.1) is 0 Å². The summed E-state index contributed by atoms with van der Waals surface area (Å²) in [5, 5.41) is 1.60. The Morgan fingerprint density at radius 1 is 0.433 bits per heavy atom. The highest BCUT2D eigenvalue weighted by Gasteiger charge is 2.31. The number of fused-ring (bicyclic) bond motifs is 1. The van der Waals surface area contributed by atoms with Crippen molar-refractivity contribution in [1.29, 1.82) is 0 Å². The van der Waals surface area contributed by atoms with Gasteiger partial charge in [-0.3, -0.25) is 0 Å². The van der Waals surface area contributed by atoms with Crippen LogP contribution >= 0.6 is 0 Å². The molecule has 0 saturated carbocycles. The van der Waals surface area contributed by atoms with Gasteiger partial charge in [0.2, 0.25) is 0 Å². The summed E-state index contributed by atoms with van der Waals surface area (Å²) in [5.74, 6) is 0. The number of hydrogen-bond donors (Lipinski definition) is 0. The van der Waals surface area contributed by atoms with Gasteiger partial charge >= 0.3 is 12.4 Å². The van der Waals surface area contributed by atoms with Crippen LogP contribution in [0.2, 0.25) is 0 Å².